The van der Waals surface area contributed by atoms with Gasteiger partial charge >= 0.3 is 12.2 Å². The normalized spacial score (nSPS) is 20.9. The van der Waals surface area contributed by atoms with Gasteiger partial charge in [0.25, 0.3) is 0 Å². The molecule has 8 rings (SSSR count). The van der Waals surface area contributed by atoms with Crippen molar-refractivity contribution in [3.63, 3.8) is 0 Å². The van der Waals surface area contributed by atoms with Crippen LogP contribution in [-0.2, 0) is 14.3 Å². The second-order valence-electron chi connectivity index (χ2n) is 14.3. The maximum absolute atomic E-state index is 13.5. The lowest BCUT2D eigenvalue weighted by molar-refractivity contribution is -0.135. The highest BCUT2D eigenvalue weighted by atomic mass is 16.5. The average molecular weight is 723 g/mol. The van der Waals surface area contributed by atoms with E-state index in [-0.39, 0.29) is 35.7 Å². The highest BCUT2D eigenvalue weighted by molar-refractivity contribution is 5.87. The minimum Gasteiger partial charge on any atom is -0.465 e. The number of aromatic amines is 2. The Bertz CT molecular complexity index is 1990. The number of alkyl carbamates (subject to hydrolysis) is 1. The second-order valence-corrected chi connectivity index (χ2v) is 14.3. The zero-order valence-electron chi connectivity index (χ0n) is 29.3. The van der Waals surface area contributed by atoms with Gasteiger partial charge in [0.05, 0.1) is 43.0 Å². The lowest BCUT2D eigenvalue weighted by Crippen LogP contribution is -2.49. The Morgan fingerprint density at radius 2 is 1.19 bits per heavy atom. The van der Waals surface area contributed by atoms with Gasteiger partial charge in [-0.05, 0) is 68.8 Å². The first kappa shape index (κ1) is 34.3. The summed E-state index contributed by atoms with van der Waals surface area (Å²) in [6.07, 6.45) is 11.9. The number of nitrogens with one attached hydrogen (secondary N) is 4. The number of methoxy groups -OCH3 is 1. The van der Waals surface area contributed by atoms with E-state index in [4.69, 9.17) is 4.74 Å². The Labute approximate surface area is 305 Å². The zero-order valence-corrected chi connectivity index (χ0v) is 29.3. The van der Waals surface area contributed by atoms with E-state index < -0.39 is 24.3 Å². The van der Waals surface area contributed by atoms with Gasteiger partial charge in [-0.25, -0.2) is 29.5 Å². The number of aromatic nitrogens is 6. The number of hydrogen-bond donors (Lipinski definition) is 5. The molecule has 53 heavy (non-hydrogen) atoms. The summed E-state index contributed by atoms with van der Waals surface area (Å²) in [5, 5.41) is 14.5. The molecule has 4 amide bonds. The number of carbonyl (C=O) groups is 4. The summed E-state index contributed by atoms with van der Waals surface area (Å²) in [5.74, 6) is 1.83. The fourth-order valence-electron chi connectivity index (χ4n) is 7.65. The van der Waals surface area contributed by atoms with Crippen molar-refractivity contribution >= 4 is 24.0 Å². The van der Waals surface area contributed by atoms with Gasteiger partial charge in [-0.2, -0.15) is 0 Å². The molecule has 4 fully saturated rings. The first-order valence-corrected chi connectivity index (χ1v) is 18.3. The van der Waals surface area contributed by atoms with E-state index in [1.165, 1.54) is 7.11 Å². The number of rotatable bonds is 11. The van der Waals surface area contributed by atoms with Crippen LogP contribution < -0.4 is 10.6 Å². The van der Waals surface area contributed by atoms with Crippen LogP contribution in [0.3, 0.4) is 0 Å². The number of likely N-dealkylation sites (tertiary alicyclic amines) is 2. The number of benzene rings is 1. The molecule has 0 spiro atoms. The van der Waals surface area contributed by atoms with E-state index in [0.29, 0.717) is 30.6 Å². The van der Waals surface area contributed by atoms with Crippen LogP contribution in [-0.4, -0.2) is 101 Å². The predicted molar refractivity (Wildman–Crippen MR) is 190 cm³/mol. The Morgan fingerprint density at radius 3 is 1.68 bits per heavy atom. The first-order chi connectivity index (χ1) is 25.8. The van der Waals surface area contributed by atoms with Crippen LogP contribution in [0.15, 0.2) is 49.1 Å². The molecule has 0 unspecified atom stereocenters. The number of amides is 4. The van der Waals surface area contributed by atoms with Crippen LogP contribution in [0.4, 0.5) is 9.59 Å². The monoisotopic (exact) mass is 722 g/mol. The fourth-order valence-corrected chi connectivity index (χ4v) is 7.65. The van der Waals surface area contributed by atoms with Crippen molar-refractivity contribution in [2.24, 2.45) is 11.8 Å². The third-order valence-electron chi connectivity index (χ3n) is 10.8. The minimum absolute atomic E-state index is 0.0495. The van der Waals surface area contributed by atoms with Crippen LogP contribution >= 0.6 is 0 Å². The van der Waals surface area contributed by atoms with Gasteiger partial charge in [0.1, 0.15) is 23.7 Å². The summed E-state index contributed by atoms with van der Waals surface area (Å²) < 4.78 is 4.77. The van der Waals surface area contributed by atoms with Crippen LogP contribution in [0.25, 0.3) is 33.9 Å². The van der Waals surface area contributed by atoms with Gasteiger partial charge in [-0.1, -0.05) is 24.3 Å². The van der Waals surface area contributed by atoms with Crippen LogP contribution in [0.1, 0.15) is 75.1 Å². The van der Waals surface area contributed by atoms with Crippen molar-refractivity contribution in [1.29, 1.82) is 0 Å². The van der Waals surface area contributed by atoms with Gasteiger partial charge < -0.3 is 40.2 Å². The molecule has 3 aromatic heterocycles. The van der Waals surface area contributed by atoms with E-state index in [9.17, 15) is 24.3 Å². The standard InChI is InChI=1S/C37H42N10O6/c1-53-37(52)45-30(22-10-11-22)35(49)47-15-3-4-27(47)32-40-18-25(42-32)20-6-12-23(13-7-20)31-38-16-24(17-39-31)26-19-41-33(43-26)28-5-2-14-46(28)34(48)29(21-8-9-21)44-36(50)51/h6-7,12-13,16-19,21-22,27-30,44H,2-5,8-11,14-15H2,1H3,(H,40,42)(H,41,43)(H,45,52)(H,50,51)/t27-,28-,29-,30-/m0/s1. The Balaban J connectivity index is 0.914. The Hall–Kier alpha value is -5.80. The fraction of sp³-hybridized carbons (Fsp3) is 0.459. The number of hydrogen-bond acceptors (Lipinski definition) is 9. The van der Waals surface area contributed by atoms with Crippen molar-refractivity contribution in [2.45, 2.75) is 75.5 Å². The average Bonchev–Trinajstić information content (AvgIpc) is 3.90. The van der Waals surface area contributed by atoms with Crippen molar-refractivity contribution in [1.82, 2.24) is 50.3 Å². The zero-order chi connectivity index (χ0) is 36.6. The number of ether oxygens (including phenoxy) is 1. The summed E-state index contributed by atoms with van der Waals surface area (Å²) in [5.41, 5.74) is 4.06. The highest BCUT2D eigenvalue weighted by Gasteiger charge is 2.44. The minimum atomic E-state index is -1.19. The summed E-state index contributed by atoms with van der Waals surface area (Å²) in [7, 11) is 1.30. The maximum atomic E-state index is 13.5. The maximum Gasteiger partial charge on any atom is 0.407 e. The first-order valence-electron chi connectivity index (χ1n) is 18.3. The van der Waals surface area contributed by atoms with E-state index in [1.807, 2.05) is 29.2 Å². The number of carbonyl (C=O) groups excluding carboxylic acids is 3. The number of carboxylic acid groups (broad SMARTS) is 1. The van der Waals surface area contributed by atoms with E-state index in [0.717, 1.165) is 79.4 Å². The molecule has 5 heterocycles. The molecule has 5 N–H and O–H groups in total. The molecule has 2 saturated carbocycles. The Morgan fingerprint density at radius 1 is 0.698 bits per heavy atom. The molecule has 0 bridgehead atoms. The second kappa shape index (κ2) is 14.3. The molecule has 4 aromatic rings. The van der Waals surface area contributed by atoms with Crippen LogP contribution in [0, 0.1) is 11.8 Å². The number of nitrogens with zero attached hydrogens (tertiary/aromatic N) is 6. The predicted octanol–water partition coefficient (Wildman–Crippen LogP) is 4.43. The largest absolute Gasteiger partial charge is 0.465 e. The van der Waals surface area contributed by atoms with Crippen molar-refractivity contribution in [2.75, 3.05) is 20.2 Å². The molecule has 2 aliphatic carbocycles. The lowest BCUT2D eigenvalue weighted by Gasteiger charge is -2.28. The van der Waals surface area contributed by atoms with Gasteiger partial charge in [0.15, 0.2) is 5.82 Å². The van der Waals surface area contributed by atoms with Crippen LogP contribution in [0.2, 0.25) is 0 Å². The molecular weight excluding hydrogens is 680 g/mol. The summed E-state index contributed by atoms with van der Waals surface area (Å²) >= 11 is 0. The lowest BCUT2D eigenvalue weighted by atomic mass is 10.1. The molecule has 2 aliphatic heterocycles. The molecule has 16 nitrogen and oxygen atoms in total. The van der Waals surface area contributed by atoms with Crippen LogP contribution in [0.5, 0.6) is 0 Å². The van der Waals surface area contributed by atoms with E-state index in [2.05, 4.69) is 40.5 Å². The number of H-pyrrole nitrogens is 2. The molecule has 16 heteroatoms. The topological polar surface area (TPSA) is 211 Å². The molecule has 276 valence electrons. The SMILES string of the molecule is COC(=O)N[C@H](C(=O)N1CCC[C@H]1c1ncc(-c2ccc(-c3ncc(-c4cnc([C@@H]5CCCN5C(=O)[C@@H](NC(=O)O)C5CC5)[nH]4)cn3)cc2)[nH]1)C1CC1. The summed E-state index contributed by atoms with van der Waals surface area (Å²) in [4.78, 5) is 79.0. The quantitative estimate of drug-likeness (QED) is 0.147. The Kier molecular flexibility index (Phi) is 9.26. The highest BCUT2D eigenvalue weighted by Crippen LogP contribution is 2.39. The van der Waals surface area contributed by atoms with Gasteiger partial charge in [-0.3, -0.25) is 9.59 Å². The van der Waals surface area contributed by atoms with Crippen molar-refractivity contribution < 1.29 is 29.0 Å². The third-order valence-corrected chi connectivity index (χ3v) is 10.8. The molecule has 2 saturated heterocycles. The van der Waals surface area contributed by atoms with Gasteiger partial charge in [0.2, 0.25) is 11.8 Å². The molecular formula is C37H42N10O6. The van der Waals surface area contributed by atoms with E-state index in [1.54, 1.807) is 29.7 Å². The van der Waals surface area contributed by atoms with Crippen molar-refractivity contribution in [3.8, 4) is 33.9 Å². The molecule has 0 radical (unpaired) electrons. The molecule has 4 aliphatic rings. The van der Waals surface area contributed by atoms with Gasteiger partial charge in [0, 0.05) is 36.6 Å². The van der Waals surface area contributed by atoms with Crippen molar-refractivity contribution in [3.05, 3.63) is 60.7 Å². The summed E-state index contributed by atoms with van der Waals surface area (Å²) in [6, 6.07) is 6.07. The van der Waals surface area contributed by atoms with E-state index >= 15 is 0 Å². The van der Waals surface area contributed by atoms with Gasteiger partial charge in [-0.15, -0.1) is 0 Å². The number of imidazole rings is 2. The summed E-state index contributed by atoms with van der Waals surface area (Å²) in [6.45, 7) is 1.16. The molecule has 4 atom stereocenters. The third kappa shape index (κ3) is 7.17. The smallest absolute Gasteiger partial charge is 0.407 e. The molecule has 1 aromatic carbocycles.